The number of rotatable bonds is 0. The molecule has 0 amide bonds. The standard InChI is InChI=1S/C7H5BrIN3.2H2/c1-12-7-5(6(9)11-12)2-4(8)3-10-7;;/h2-3H,1H3;2*1H/i;2*1+1D. The molecule has 5 heteroatoms. The molecule has 0 bridgehead atoms. The summed E-state index contributed by atoms with van der Waals surface area (Å²) in [6.45, 7) is 0. The molecule has 0 saturated carbocycles. The summed E-state index contributed by atoms with van der Waals surface area (Å²) in [6, 6.07) is 2.02. The summed E-state index contributed by atoms with van der Waals surface area (Å²) >= 11 is 5.58. The zero-order valence-electron chi connectivity index (χ0n) is 10.3. The minimum Gasteiger partial charge on any atom is -0.249 e. The van der Waals surface area contributed by atoms with Gasteiger partial charge in [0.25, 0.3) is 0 Å². The molecule has 0 saturated heterocycles. The molecule has 3 nitrogen and oxygen atoms in total. The Bertz CT molecular complexity index is 450. The molecule has 0 aromatic carbocycles. The van der Waals surface area contributed by atoms with Gasteiger partial charge in [-0.25, -0.2) is 9.67 Å². The highest BCUT2D eigenvalue weighted by atomic mass is 127. The Labute approximate surface area is 97.6 Å². The smallest absolute Gasteiger partial charge is 0.158 e. The van der Waals surface area contributed by atoms with Gasteiger partial charge in [-0.3, -0.25) is 0 Å². The first-order valence-electron chi connectivity index (χ1n) is 5.32. The number of aromatic nitrogens is 3. The van der Waals surface area contributed by atoms with Crippen LogP contribution in [-0.4, -0.2) is 14.8 Å². The predicted octanol–water partition coefficient (Wildman–Crippen LogP) is 2.83. The Balaban J connectivity index is 0.000000509. The molecule has 0 N–H and O–H groups in total. The van der Waals surface area contributed by atoms with Crippen LogP contribution in [0.2, 0.25) is 0 Å². The second-order valence-corrected chi connectivity index (χ2v) is 4.38. The maximum absolute atomic E-state index is 5.00. The van der Waals surface area contributed by atoms with E-state index in [4.69, 9.17) is 5.94 Å². The van der Waals surface area contributed by atoms with Crippen LogP contribution < -0.4 is 0 Å². The minimum atomic E-state index is 0.919. The number of fused-ring (bicyclic) bond motifs is 1. The number of halogens is 2. The number of nitrogens with zero attached hydrogens (tertiary/aromatic N) is 3. The summed E-state index contributed by atoms with van der Waals surface area (Å²) in [5, 5.41) is 5.34. The maximum Gasteiger partial charge on any atom is 0.158 e. The van der Waals surface area contributed by atoms with Crippen LogP contribution in [0.4, 0.5) is 0 Å². The third kappa shape index (κ3) is 1.24. The van der Waals surface area contributed by atoms with Crippen molar-refractivity contribution in [2.75, 3.05) is 0 Å². The van der Waals surface area contributed by atoms with Gasteiger partial charge in [-0.15, -0.1) is 0 Å². The van der Waals surface area contributed by atoms with E-state index in [2.05, 4.69) is 48.6 Å². The highest BCUT2D eigenvalue weighted by molar-refractivity contribution is 14.1. The van der Waals surface area contributed by atoms with Crippen molar-refractivity contribution < 1.29 is 5.94 Å². The Morgan fingerprint density at radius 1 is 1.75 bits per heavy atom. The van der Waals surface area contributed by atoms with Crippen molar-refractivity contribution in [2.24, 2.45) is 7.05 Å². The highest BCUT2D eigenvalue weighted by Crippen LogP contribution is 2.20. The average Bonchev–Trinajstić information content (AvgIpc) is 2.60. The summed E-state index contributed by atoms with van der Waals surface area (Å²) in [7, 11) is 1.89. The Morgan fingerprint density at radius 2 is 2.50 bits per heavy atom. The molecule has 2 aromatic rings. The van der Waals surface area contributed by atoms with E-state index in [1.807, 2.05) is 13.1 Å². The summed E-state index contributed by atoms with van der Waals surface area (Å²) in [4.78, 5) is 4.25. The van der Waals surface area contributed by atoms with E-state index in [-0.39, 0.29) is 0 Å². The summed E-state index contributed by atoms with van der Waals surface area (Å²) in [5.41, 5.74) is 0.919. The molecular formula is C7H9BrIN3. The van der Waals surface area contributed by atoms with E-state index in [1.54, 1.807) is 10.9 Å². The van der Waals surface area contributed by atoms with E-state index < -0.39 is 0 Å². The monoisotopic (exact) mass is 345 g/mol. The number of pyridine rings is 1. The lowest BCUT2D eigenvalue weighted by Crippen LogP contribution is -1.91. The first kappa shape index (κ1) is 6.31. The van der Waals surface area contributed by atoms with Gasteiger partial charge in [0, 0.05) is 23.7 Å². The van der Waals surface area contributed by atoms with Crippen molar-refractivity contribution in [3.63, 3.8) is 0 Å². The van der Waals surface area contributed by atoms with Gasteiger partial charge >= 0.3 is 0 Å². The van der Waals surface area contributed by atoms with Gasteiger partial charge in [-0.2, -0.15) is 5.10 Å². The van der Waals surface area contributed by atoms with Crippen LogP contribution in [0.1, 0.15) is 5.94 Å². The van der Waals surface area contributed by atoms with Crippen LogP contribution in [0, 0.1) is 3.70 Å². The minimum absolute atomic E-state index is 0.919. The van der Waals surface area contributed by atoms with Crippen LogP contribution in [0.3, 0.4) is 0 Å². The molecule has 2 aromatic heterocycles. The third-order valence-electron chi connectivity index (χ3n) is 1.60. The van der Waals surface area contributed by atoms with Crippen molar-refractivity contribution >= 4 is 49.6 Å². The number of hydrogen-bond donors (Lipinski definition) is 0. The summed E-state index contributed by atoms with van der Waals surface area (Å²) in [6.07, 6.45) is 1.78. The van der Waals surface area contributed by atoms with Crippen LogP contribution >= 0.6 is 38.5 Å². The lowest BCUT2D eigenvalue weighted by atomic mass is 10.4. The molecule has 2 heterocycles. The Kier molecular flexibility index (Phi) is 1.55. The maximum atomic E-state index is 5.00. The molecule has 0 fully saturated rings. The molecule has 0 aliphatic carbocycles. The normalized spacial score (nSPS) is 12.2. The fourth-order valence-electron chi connectivity index (χ4n) is 1.07. The lowest BCUT2D eigenvalue weighted by molar-refractivity contribution is 0.777. The molecule has 0 radical (unpaired) electrons. The molecule has 2 rings (SSSR count). The van der Waals surface area contributed by atoms with Crippen molar-refractivity contribution in [3.05, 3.63) is 20.4 Å². The number of hydrogen-bond acceptors (Lipinski definition) is 2. The first-order valence-corrected chi connectivity index (χ1v) is 5.19. The van der Waals surface area contributed by atoms with Crippen LogP contribution in [0.25, 0.3) is 11.0 Å². The Hall–Kier alpha value is -0.170. The van der Waals surface area contributed by atoms with Crippen LogP contribution in [0.15, 0.2) is 16.7 Å². The SMILES string of the molecule is Cn1nc(I)c2cc(Br)cnc21.[2H][2H].[2H][2H]. The second-order valence-electron chi connectivity index (χ2n) is 2.44. The molecule has 66 valence electrons. The molecule has 0 spiro atoms. The van der Waals surface area contributed by atoms with Gasteiger partial charge < -0.3 is 0 Å². The van der Waals surface area contributed by atoms with E-state index in [0.717, 1.165) is 19.2 Å². The quantitative estimate of drug-likeness (QED) is 0.687. The van der Waals surface area contributed by atoms with Crippen molar-refractivity contribution in [3.8, 4) is 0 Å². The molecule has 0 aliphatic heterocycles. The zero-order chi connectivity index (χ0) is 12.7. The summed E-state index contributed by atoms with van der Waals surface area (Å²) < 4.78 is 23.8. The number of aryl methyl sites for hydroxylation is 1. The first-order chi connectivity index (χ1) is 7.68. The van der Waals surface area contributed by atoms with E-state index in [0.29, 0.717) is 0 Å². The van der Waals surface area contributed by atoms with Gasteiger partial charge in [0.1, 0.15) is 3.70 Å². The van der Waals surface area contributed by atoms with Crippen LogP contribution in [0.5, 0.6) is 0 Å². The van der Waals surface area contributed by atoms with Crippen molar-refractivity contribution in [1.82, 2.24) is 14.8 Å². The van der Waals surface area contributed by atoms with E-state index in [1.165, 1.54) is 0 Å². The van der Waals surface area contributed by atoms with Gasteiger partial charge in [-0.05, 0) is 44.6 Å². The summed E-state index contributed by atoms with van der Waals surface area (Å²) in [5.74, 6) is 0. The predicted molar refractivity (Wildman–Crippen MR) is 63.2 cm³/mol. The Morgan fingerprint density at radius 3 is 3.25 bits per heavy atom. The topological polar surface area (TPSA) is 30.7 Å². The fraction of sp³-hybridized carbons (Fsp3) is 0.143. The van der Waals surface area contributed by atoms with Gasteiger partial charge in [-0.1, -0.05) is 0 Å². The van der Waals surface area contributed by atoms with Crippen molar-refractivity contribution in [1.29, 1.82) is 0 Å². The molecule has 0 atom stereocenters. The third-order valence-corrected chi connectivity index (χ3v) is 2.83. The van der Waals surface area contributed by atoms with Gasteiger partial charge in [0.05, 0.1) is 5.39 Å². The average molecular weight is 346 g/mol. The van der Waals surface area contributed by atoms with Crippen LogP contribution in [-0.2, 0) is 7.05 Å². The van der Waals surface area contributed by atoms with Gasteiger partial charge in [0.15, 0.2) is 5.65 Å². The lowest BCUT2D eigenvalue weighted by Gasteiger charge is -1.92. The largest absolute Gasteiger partial charge is 0.249 e. The molecule has 0 unspecified atom stereocenters. The molecule has 12 heavy (non-hydrogen) atoms. The molecule has 0 aliphatic rings. The van der Waals surface area contributed by atoms with Gasteiger partial charge in [0.2, 0.25) is 0 Å². The van der Waals surface area contributed by atoms with Crippen molar-refractivity contribution in [2.45, 2.75) is 0 Å². The van der Waals surface area contributed by atoms with E-state index in [9.17, 15) is 0 Å². The second kappa shape index (κ2) is 2.95. The fourth-order valence-corrected chi connectivity index (χ4v) is 2.13. The molecular weight excluding hydrogens is 333 g/mol. The highest BCUT2D eigenvalue weighted by Gasteiger charge is 2.06. The van der Waals surface area contributed by atoms with E-state index >= 15 is 0 Å². The zero-order valence-corrected chi connectivity index (χ0v) is 10.00.